The summed E-state index contributed by atoms with van der Waals surface area (Å²) >= 11 is 0. The lowest BCUT2D eigenvalue weighted by molar-refractivity contribution is -0.121. The molecular weight excluding hydrogens is 246 g/mol. The highest BCUT2D eigenvalue weighted by Crippen LogP contribution is 2.32. The van der Waals surface area contributed by atoms with Crippen LogP contribution in [0.2, 0.25) is 0 Å². The zero-order valence-corrected chi connectivity index (χ0v) is 11.3. The van der Waals surface area contributed by atoms with E-state index in [-0.39, 0.29) is 12.5 Å². The summed E-state index contributed by atoms with van der Waals surface area (Å²) in [5, 5.41) is 15.7. The number of aryl methyl sites for hydroxylation is 1. The number of rotatable bonds is 6. The Kier molecular flexibility index (Phi) is 4.90. The van der Waals surface area contributed by atoms with Crippen molar-refractivity contribution in [3.63, 3.8) is 0 Å². The van der Waals surface area contributed by atoms with Gasteiger partial charge in [0.05, 0.1) is 6.10 Å². The second kappa shape index (κ2) is 6.65. The Morgan fingerprint density at radius 1 is 1.53 bits per heavy atom. The van der Waals surface area contributed by atoms with Gasteiger partial charge in [-0.1, -0.05) is 18.0 Å². The summed E-state index contributed by atoms with van der Waals surface area (Å²) in [6, 6.07) is 0. The Bertz CT molecular complexity index is 411. The Labute approximate surface area is 112 Å². The zero-order chi connectivity index (χ0) is 13.7. The molecule has 2 rings (SSSR count). The summed E-state index contributed by atoms with van der Waals surface area (Å²) in [4.78, 5) is 15.8. The second-order valence-electron chi connectivity index (χ2n) is 5.18. The van der Waals surface area contributed by atoms with E-state index in [1.54, 1.807) is 6.92 Å². The van der Waals surface area contributed by atoms with E-state index in [1.165, 1.54) is 12.8 Å². The Morgan fingerprint density at radius 3 is 2.95 bits per heavy atom. The van der Waals surface area contributed by atoms with Crippen molar-refractivity contribution in [2.24, 2.45) is 0 Å². The highest BCUT2D eigenvalue weighted by molar-refractivity contribution is 5.76. The van der Waals surface area contributed by atoms with Gasteiger partial charge in [-0.05, 0) is 19.8 Å². The lowest BCUT2D eigenvalue weighted by atomic mass is 10.1. The topological polar surface area (TPSA) is 88.2 Å². The molecule has 1 atom stereocenters. The Hall–Kier alpha value is -1.43. The molecule has 1 heterocycles. The Balaban J connectivity index is 1.75. The third-order valence-electron chi connectivity index (χ3n) is 3.36. The molecule has 1 amide bonds. The summed E-state index contributed by atoms with van der Waals surface area (Å²) in [7, 11) is 0. The lowest BCUT2D eigenvalue weighted by Gasteiger charge is -2.05. The van der Waals surface area contributed by atoms with Crippen molar-refractivity contribution in [2.45, 2.75) is 57.5 Å². The van der Waals surface area contributed by atoms with Crippen LogP contribution in [0, 0.1) is 0 Å². The predicted molar refractivity (Wildman–Crippen MR) is 68.5 cm³/mol. The minimum atomic E-state index is -0.527. The van der Waals surface area contributed by atoms with Crippen molar-refractivity contribution >= 4 is 5.91 Å². The molecule has 0 saturated heterocycles. The van der Waals surface area contributed by atoms with Crippen LogP contribution in [0.4, 0.5) is 0 Å². The summed E-state index contributed by atoms with van der Waals surface area (Å²) in [5.41, 5.74) is 0. The first-order valence-corrected chi connectivity index (χ1v) is 6.92. The number of aromatic nitrogens is 2. The van der Waals surface area contributed by atoms with Gasteiger partial charge in [0, 0.05) is 25.3 Å². The molecule has 1 aromatic heterocycles. The van der Waals surface area contributed by atoms with Gasteiger partial charge in [0.2, 0.25) is 11.8 Å². The van der Waals surface area contributed by atoms with Crippen LogP contribution >= 0.6 is 0 Å². The summed E-state index contributed by atoms with van der Waals surface area (Å²) in [6.45, 7) is 1.90. The van der Waals surface area contributed by atoms with E-state index < -0.39 is 6.10 Å². The molecule has 1 aliphatic carbocycles. The van der Waals surface area contributed by atoms with Crippen LogP contribution in [0.15, 0.2) is 4.52 Å². The molecule has 0 spiro atoms. The van der Waals surface area contributed by atoms with E-state index in [4.69, 9.17) is 9.63 Å². The first kappa shape index (κ1) is 14.0. The molecule has 0 radical (unpaired) electrons. The number of carbonyl (C=O) groups is 1. The minimum Gasteiger partial charge on any atom is -0.392 e. The smallest absolute Gasteiger partial charge is 0.227 e. The van der Waals surface area contributed by atoms with Gasteiger partial charge in [-0.3, -0.25) is 4.79 Å². The van der Waals surface area contributed by atoms with Gasteiger partial charge >= 0.3 is 0 Å². The molecular formula is C13H21N3O3. The highest BCUT2D eigenvalue weighted by Gasteiger charge is 2.22. The maximum Gasteiger partial charge on any atom is 0.227 e. The van der Waals surface area contributed by atoms with Gasteiger partial charge in [0.1, 0.15) is 0 Å². The van der Waals surface area contributed by atoms with Crippen LogP contribution in [0.25, 0.3) is 0 Å². The molecule has 0 bridgehead atoms. The third kappa shape index (κ3) is 4.31. The van der Waals surface area contributed by atoms with Gasteiger partial charge in [-0.2, -0.15) is 4.98 Å². The molecule has 1 saturated carbocycles. The molecule has 1 aromatic rings. The second-order valence-corrected chi connectivity index (χ2v) is 5.18. The minimum absolute atomic E-state index is 0.110. The number of nitrogens with one attached hydrogen (secondary N) is 1. The number of hydrogen-bond acceptors (Lipinski definition) is 5. The fourth-order valence-electron chi connectivity index (χ4n) is 2.29. The average Bonchev–Trinajstić information content (AvgIpc) is 3.03. The standard InChI is InChI=1S/C13H21N3O3/c1-9(17)8-14-11(18)6-7-12-15-13(16-19-12)10-4-2-3-5-10/h9-10,17H,2-8H2,1H3,(H,14,18). The van der Waals surface area contributed by atoms with Crippen molar-refractivity contribution < 1.29 is 14.4 Å². The van der Waals surface area contributed by atoms with Crippen LogP contribution in [0.5, 0.6) is 0 Å². The van der Waals surface area contributed by atoms with Crippen molar-refractivity contribution in [3.8, 4) is 0 Å². The molecule has 1 aliphatic rings. The van der Waals surface area contributed by atoms with Crippen LogP contribution in [0.3, 0.4) is 0 Å². The maximum absolute atomic E-state index is 11.5. The van der Waals surface area contributed by atoms with Gasteiger partial charge in [0.25, 0.3) is 0 Å². The molecule has 2 N–H and O–H groups in total. The number of hydrogen-bond donors (Lipinski definition) is 2. The number of nitrogens with zero attached hydrogens (tertiary/aromatic N) is 2. The van der Waals surface area contributed by atoms with E-state index in [0.29, 0.717) is 24.7 Å². The normalized spacial score (nSPS) is 17.6. The molecule has 0 aliphatic heterocycles. The highest BCUT2D eigenvalue weighted by atomic mass is 16.5. The monoisotopic (exact) mass is 267 g/mol. The van der Waals surface area contributed by atoms with Crippen LogP contribution in [0.1, 0.15) is 56.7 Å². The number of aliphatic hydroxyl groups is 1. The molecule has 0 aromatic carbocycles. The number of aliphatic hydroxyl groups excluding tert-OH is 1. The van der Waals surface area contributed by atoms with Gasteiger partial charge in [0.15, 0.2) is 5.82 Å². The van der Waals surface area contributed by atoms with Crippen molar-refractivity contribution in [2.75, 3.05) is 6.54 Å². The van der Waals surface area contributed by atoms with Crippen molar-refractivity contribution in [1.29, 1.82) is 0 Å². The Morgan fingerprint density at radius 2 is 2.26 bits per heavy atom. The SMILES string of the molecule is CC(O)CNC(=O)CCc1nc(C2CCCC2)no1. The number of amides is 1. The van der Waals surface area contributed by atoms with Crippen LogP contribution in [-0.2, 0) is 11.2 Å². The summed E-state index contributed by atoms with van der Waals surface area (Å²) in [5.74, 6) is 1.63. The van der Waals surface area contributed by atoms with Gasteiger partial charge in [-0.25, -0.2) is 0 Å². The summed E-state index contributed by atoms with van der Waals surface area (Å²) < 4.78 is 5.16. The quantitative estimate of drug-likeness (QED) is 0.807. The van der Waals surface area contributed by atoms with Crippen LogP contribution in [-0.4, -0.2) is 33.8 Å². The summed E-state index contributed by atoms with van der Waals surface area (Å²) in [6.07, 6.45) is 4.96. The van der Waals surface area contributed by atoms with Gasteiger partial charge < -0.3 is 14.9 Å². The molecule has 1 fully saturated rings. The largest absolute Gasteiger partial charge is 0.392 e. The fourth-order valence-corrected chi connectivity index (χ4v) is 2.29. The molecule has 6 nitrogen and oxygen atoms in total. The molecule has 106 valence electrons. The van der Waals surface area contributed by atoms with E-state index in [2.05, 4.69) is 15.5 Å². The van der Waals surface area contributed by atoms with E-state index in [1.807, 2.05) is 0 Å². The van der Waals surface area contributed by atoms with Gasteiger partial charge in [-0.15, -0.1) is 0 Å². The first-order valence-electron chi connectivity index (χ1n) is 6.92. The third-order valence-corrected chi connectivity index (χ3v) is 3.36. The molecule has 6 heteroatoms. The van der Waals surface area contributed by atoms with E-state index in [0.717, 1.165) is 18.7 Å². The fraction of sp³-hybridized carbons (Fsp3) is 0.769. The lowest BCUT2D eigenvalue weighted by Crippen LogP contribution is -2.30. The predicted octanol–water partition coefficient (Wildman–Crippen LogP) is 1.16. The van der Waals surface area contributed by atoms with E-state index in [9.17, 15) is 4.79 Å². The zero-order valence-electron chi connectivity index (χ0n) is 11.3. The maximum atomic E-state index is 11.5. The molecule has 19 heavy (non-hydrogen) atoms. The van der Waals surface area contributed by atoms with Crippen LogP contribution < -0.4 is 5.32 Å². The average molecular weight is 267 g/mol. The first-order chi connectivity index (χ1) is 9.15. The number of carbonyl (C=O) groups excluding carboxylic acids is 1. The van der Waals surface area contributed by atoms with Crippen molar-refractivity contribution in [1.82, 2.24) is 15.5 Å². The van der Waals surface area contributed by atoms with E-state index >= 15 is 0 Å². The molecule has 1 unspecified atom stereocenters. The van der Waals surface area contributed by atoms with Crippen molar-refractivity contribution in [3.05, 3.63) is 11.7 Å².